The highest BCUT2D eigenvalue weighted by molar-refractivity contribution is 6.34. The van der Waals surface area contributed by atoms with Gasteiger partial charge in [0.15, 0.2) is 0 Å². The van der Waals surface area contributed by atoms with Crippen molar-refractivity contribution in [2.24, 2.45) is 0 Å². The number of nitrogens with one attached hydrogen (secondary N) is 3. The van der Waals surface area contributed by atoms with E-state index >= 15 is 0 Å². The zero-order valence-corrected chi connectivity index (χ0v) is 14.1. The Bertz CT molecular complexity index is 669. The van der Waals surface area contributed by atoms with Gasteiger partial charge in [0, 0.05) is 36.8 Å². The van der Waals surface area contributed by atoms with E-state index in [9.17, 15) is 9.59 Å². The van der Waals surface area contributed by atoms with E-state index in [2.05, 4.69) is 16.0 Å². The summed E-state index contributed by atoms with van der Waals surface area (Å²) in [5.41, 5.74) is 1.13. The second kappa shape index (κ2) is 6.26. The summed E-state index contributed by atoms with van der Waals surface area (Å²) in [6, 6.07) is 6.20. The van der Waals surface area contributed by atoms with Gasteiger partial charge in [-0.15, -0.1) is 0 Å². The molecule has 2 unspecified atom stereocenters. The van der Waals surface area contributed by atoms with E-state index in [1.54, 1.807) is 23.1 Å². The Morgan fingerprint density at radius 1 is 1.25 bits per heavy atom. The quantitative estimate of drug-likeness (QED) is 0.781. The van der Waals surface area contributed by atoms with Crippen molar-refractivity contribution in [2.75, 3.05) is 18.0 Å². The molecule has 6 nitrogen and oxygen atoms in total. The third kappa shape index (κ3) is 2.96. The van der Waals surface area contributed by atoms with Crippen LogP contribution in [0.1, 0.15) is 36.0 Å². The SMILES string of the molecule is O=C(NC1CC2CCC(C1)N2)c1ccc(Cl)c(N2CCNC2=O)c1. The van der Waals surface area contributed by atoms with Crippen LogP contribution in [0.2, 0.25) is 5.02 Å². The Hall–Kier alpha value is -1.79. The summed E-state index contributed by atoms with van der Waals surface area (Å²) >= 11 is 6.22. The molecule has 0 aromatic heterocycles. The van der Waals surface area contributed by atoms with Crippen molar-refractivity contribution >= 4 is 29.2 Å². The Kier molecular flexibility index (Phi) is 4.10. The van der Waals surface area contributed by atoms with Gasteiger partial charge in [-0.05, 0) is 43.9 Å². The number of anilines is 1. The Morgan fingerprint density at radius 3 is 2.67 bits per heavy atom. The number of hydrogen-bond donors (Lipinski definition) is 3. The molecule has 2 bridgehead atoms. The van der Waals surface area contributed by atoms with Crippen LogP contribution < -0.4 is 20.9 Å². The zero-order chi connectivity index (χ0) is 16.7. The molecule has 2 atom stereocenters. The molecule has 3 aliphatic heterocycles. The van der Waals surface area contributed by atoms with Crippen LogP contribution in [0.15, 0.2) is 18.2 Å². The predicted octanol–water partition coefficient (Wildman–Crippen LogP) is 1.88. The predicted molar refractivity (Wildman–Crippen MR) is 92.6 cm³/mol. The topological polar surface area (TPSA) is 73.5 Å². The van der Waals surface area contributed by atoms with Gasteiger partial charge in [-0.2, -0.15) is 0 Å². The molecule has 0 saturated carbocycles. The van der Waals surface area contributed by atoms with E-state index in [1.165, 1.54) is 12.8 Å². The van der Waals surface area contributed by atoms with Gasteiger partial charge in [-0.3, -0.25) is 9.69 Å². The summed E-state index contributed by atoms with van der Waals surface area (Å²) in [6.45, 7) is 1.14. The Balaban J connectivity index is 1.49. The van der Waals surface area contributed by atoms with E-state index in [4.69, 9.17) is 11.6 Å². The van der Waals surface area contributed by atoms with Crippen molar-refractivity contribution in [3.63, 3.8) is 0 Å². The maximum Gasteiger partial charge on any atom is 0.322 e. The van der Waals surface area contributed by atoms with Crippen LogP contribution in [-0.2, 0) is 0 Å². The molecule has 3 aliphatic rings. The molecule has 3 fully saturated rings. The van der Waals surface area contributed by atoms with Crippen molar-refractivity contribution in [3.8, 4) is 0 Å². The first kappa shape index (κ1) is 15.7. The minimum atomic E-state index is -0.176. The standard InChI is InChI=1S/C17H21ClN4O2/c18-14-4-1-10(7-15(14)22-6-5-19-17(22)24)16(23)21-13-8-11-2-3-12(9-13)20-11/h1,4,7,11-13,20H,2-3,5-6,8-9H2,(H,19,24)(H,21,23). The summed E-state index contributed by atoms with van der Waals surface area (Å²) < 4.78 is 0. The Morgan fingerprint density at radius 2 is 2.00 bits per heavy atom. The number of benzene rings is 1. The average Bonchev–Trinajstić information content (AvgIpc) is 3.13. The van der Waals surface area contributed by atoms with Crippen molar-refractivity contribution in [2.45, 2.75) is 43.8 Å². The molecule has 24 heavy (non-hydrogen) atoms. The summed E-state index contributed by atoms with van der Waals surface area (Å²) in [6.07, 6.45) is 4.37. The first-order valence-electron chi connectivity index (χ1n) is 8.52. The van der Waals surface area contributed by atoms with Crippen LogP contribution in [-0.4, -0.2) is 43.2 Å². The van der Waals surface area contributed by atoms with Gasteiger partial charge in [0.25, 0.3) is 5.91 Å². The van der Waals surface area contributed by atoms with Crippen LogP contribution in [0.4, 0.5) is 10.5 Å². The highest BCUT2D eigenvalue weighted by atomic mass is 35.5. The highest BCUT2D eigenvalue weighted by Crippen LogP contribution is 2.29. The van der Waals surface area contributed by atoms with Gasteiger partial charge in [0.2, 0.25) is 0 Å². The number of fused-ring (bicyclic) bond motifs is 2. The largest absolute Gasteiger partial charge is 0.349 e. The van der Waals surface area contributed by atoms with Crippen molar-refractivity contribution < 1.29 is 9.59 Å². The molecule has 128 valence electrons. The van der Waals surface area contributed by atoms with E-state index in [1.807, 2.05) is 0 Å². The molecule has 7 heteroatoms. The van der Waals surface area contributed by atoms with E-state index in [0.717, 1.165) is 12.8 Å². The number of carbonyl (C=O) groups is 2. The normalized spacial score (nSPS) is 28.8. The molecule has 0 aliphatic carbocycles. The summed E-state index contributed by atoms with van der Waals surface area (Å²) in [4.78, 5) is 26.0. The molecule has 3 saturated heterocycles. The van der Waals surface area contributed by atoms with Crippen molar-refractivity contribution in [1.82, 2.24) is 16.0 Å². The maximum atomic E-state index is 12.6. The molecule has 4 rings (SSSR count). The fraction of sp³-hybridized carbons (Fsp3) is 0.529. The van der Waals surface area contributed by atoms with Crippen LogP contribution in [0.25, 0.3) is 0 Å². The highest BCUT2D eigenvalue weighted by Gasteiger charge is 2.34. The van der Waals surface area contributed by atoms with Crippen LogP contribution in [0, 0.1) is 0 Å². The fourth-order valence-electron chi connectivity index (χ4n) is 4.01. The number of halogens is 1. The maximum absolute atomic E-state index is 12.6. The minimum Gasteiger partial charge on any atom is -0.349 e. The third-order valence-corrected chi connectivity index (χ3v) is 5.48. The summed E-state index contributed by atoms with van der Waals surface area (Å²) in [5, 5.41) is 9.94. The molecule has 1 aromatic rings. The zero-order valence-electron chi connectivity index (χ0n) is 13.3. The number of hydrogen-bond acceptors (Lipinski definition) is 3. The van der Waals surface area contributed by atoms with Gasteiger partial charge < -0.3 is 16.0 Å². The molecule has 0 radical (unpaired) electrons. The third-order valence-electron chi connectivity index (χ3n) is 5.16. The number of carbonyl (C=O) groups excluding carboxylic acids is 2. The van der Waals surface area contributed by atoms with Gasteiger partial charge in [0.1, 0.15) is 0 Å². The number of rotatable bonds is 3. The monoisotopic (exact) mass is 348 g/mol. The first-order chi connectivity index (χ1) is 11.6. The molecule has 1 aromatic carbocycles. The molecule has 3 amide bonds. The van der Waals surface area contributed by atoms with E-state index in [-0.39, 0.29) is 18.0 Å². The Labute approximate surface area is 145 Å². The number of nitrogens with zero attached hydrogens (tertiary/aromatic N) is 1. The summed E-state index contributed by atoms with van der Waals surface area (Å²) in [5.74, 6) is -0.0983. The smallest absolute Gasteiger partial charge is 0.322 e. The van der Waals surface area contributed by atoms with E-state index < -0.39 is 0 Å². The average molecular weight is 349 g/mol. The van der Waals surface area contributed by atoms with E-state index in [0.29, 0.717) is 41.4 Å². The lowest BCUT2D eigenvalue weighted by Gasteiger charge is -2.29. The number of piperidine rings is 1. The minimum absolute atomic E-state index is 0.0983. The molecule has 3 N–H and O–H groups in total. The molecule has 3 heterocycles. The number of amides is 3. The van der Waals surface area contributed by atoms with Gasteiger partial charge in [-0.1, -0.05) is 11.6 Å². The van der Waals surface area contributed by atoms with Crippen LogP contribution >= 0.6 is 11.6 Å². The molecule has 0 spiro atoms. The number of urea groups is 1. The van der Waals surface area contributed by atoms with Gasteiger partial charge in [-0.25, -0.2) is 4.79 Å². The van der Waals surface area contributed by atoms with Crippen LogP contribution in [0.5, 0.6) is 0 Å². The van der Waals surface area contributed by atoms with Gasteiger partial charge >= 0.3 is 6.03 Å². The second-order valence-corrected chi connectivity index (χ2v) is 7.24. The first-order valence-corrected chi connectivity index (χ1v) is 8.90. The van der Waals surface area contributed by atoms with Gasteiger partial charge in [0.05, 0.1) is 10.7 Å². The van der Waals surface area contributed by atoms with Crippen LogP contribution in [0.3, 0.4) is 0 Å². The van der Waals surface area contributed by atoms with Crippen molar-refractivity contribution in [1.29, 1.82) is 0 Å². The lowest BCUT2D eigenvalue weighted by Crippen LogP contribution is -2.48. The molecular formula is C17H21ClN4O2. The second-order valence-electron chi connectivity index (χ2n) is 6.83. The lowest BCUT2D eigenvalue weighted by molar-refractivity contribution is 0.0924. The summed E-state index contributed by atoms with van der Waals surface area (Å²) in [7, 11) is 0. The fourth-order valence-corrected chi connectivity index (χ4v) is 4.23. The van der Waals surface area contributed by atoms with Crippen molar-refractivity contribution in [3.05, 3.63) is 28.8 Å². The molecular weight excluding hydrogens is 328 g/mol. The lowest BCUT2D eigenvalue weighted by atomic mass is 9.99.